The first kappa shape index (κ1) is 15.4. The summed E-state index contributed by atoms with van der Waals surface area (Å²) >= 11 is 3.51. The van der Waals surface area contributed by atoms with Gasteiger partial charge in [0.2, 0.25) is 5.88 Å². The maximum absolute atomic E-state index is 6.11. The van der Waals surface area contributed by atoms with E-state index in [1.54, 1.807) is 23.1 Å². The lowest BCUT2D eigenvalue weighted by Gasteiger charge is -2.10. The highest BCUT2D eigenvalue weighted by atomic mass is 32.2. The van der Waals surface area contributed by atoms with Gasteiger partial charge >= 0.3 is 0 Å². The molecule has 4 rings (SSSR count). The first-order chi connectivity index (χ1) is 11.7. The van der Waals surface area contributed by atoms with E-state index in [0.717, 1.165) is 11.5 Å². The van der Waals surface area contributed by atoms with Crippen LogP contribution in [0.3, 0.4) is 0 Å². The van der Waals surface area contributed by atoms with Crippen LogP contribution in [0.2, 0.25) is 0 Å². The van der Waals surface area contributed by atoms with Crippen molar-refractivity contribution in [2.75, 3.05) is 19.0 Å². The minimum Gasteiger partial charge on any atom is -0.439 e. The van der Waals surface area contributed by atoms with Crippen LogP contribution in [0.25, 0.3) is 21.4 Å². The summed E-state index contributed by atoms with van der Waals surface area (Å²) in [6, 6.07) is 21.1. The molecule has 0 saturated carbocycles. The van der Waals surface area contributed by atoms with Crippen LogP contribution in [0, 0.1) is 0 Å². The summed E-state index contributed by atoms with van der Waals surface area (Å²) in [5.41, 5.74) is 2.16. The summed E-state index contributed by atoms with van der Waals surface area (Å²) in [6.07, 6.45) is 0. The third-order valence-electron chi connectivity index (χ3n) is 3.80. The average molecular weight is 351 g/mol. The van der Waals surface area contributed by atoms with E-state index in [0.29, 0.717) is 0 Å². The fourth-order valence-electron chi connectivity index (χ4n) is 2.66. The van der Waals surface area contributed by atoms with Crippen LogP contribution in [-0.2, 0) is 0 Å². The zero-order valence-corrected chi connectivity index (χ0v) is 15.2. The average Bonchev–Trinajstić information content (AvgIpc) is 3.24. The zero-order valence-electron chi connectivity index (χ0n) is 13.5. The second kappa shape index (κ2) is 6.38. The van der Waals surface area contributed by atoms with Crippen molar-refractivity contribution in [1.29, 1.82) is 0 Å². The Morgan fingerprint density at radius 2 is 1.79 bits per heavy atom. The smallest absolute Gasteiger partial charge is 0.210 e. The number of hydrogen-bond donors (Lipinski definition) is 0. The van der Waals surface area contributed by atoms with E-state index in [1.165, 1.54) is 25.6 Å². The molecule has 0 unspecified atom stereocenters. The van der Waals surface area contributed by atoms with E-state index in [1.807, 2.05) is 25.1 Å². The Balaban J connectivity index is 1.87. The summed E-state index contributed by atoms with van der Waals surface area (Å²) < 4.78 is 6.11. The molecule has 120 valence electrons. The normalized spacial score (nSPS) is 11.1. The first-order valence-corrected chi connectivity index (χ1v) is 9.42. The van der Waals surface area contributed by atoms with Crippen LogP contribution in [0.4, 0.5) is 5.88 Å². The molecule has 4 heteroatoms. The largest absolute Gasteiger partial charge is 0.439 e. The molecule has 0 aliphatic rings. The van der Waals surface area contributed by atoms with Gasteiger partial charge in [0, 0.05) is 29.3 Å². The predicted octanol–water partition coefficient (Wildman–Crippen LogP) is 6.38. The second-order valence-corrected chi connectivity index (χ2v) is 7.77. The number of furan rings is 1. The predicted molar refractivity (Wildman–Crippen MR) is 104 cm³/mol. The maximum atomic E-state index is 6.11. The van der Waals surface area contributed by atoms with Crippen molar-refractivity contribution in [2.24, 2.45) is 0 Å². The molecule has 0 spiro atoms. The van der Waals surface area contributed by atoms with Crippen molar-refractivity contribution in [1.82, 2.24) is 0 Å². The third-order valence-corrected chi connectivity index (χ3v) is 5.83. The summed E-state index contributed by atoms with van der Waals surface area (Å²) in [5, 5.41) is 3.28. The van der Waals surface area contributed by atoms with Crippen LogP contribution in [0.1, 0.15) is 0 Å². The van der Waals surface area contributed by atoms with Gasteiger partial charge in [-0.15, -0.1) is 11.3 Å². The lowest BCUT2D eigenvalue weighted by Crippen LogP contribution is -2.08. The molecule has 2 nitrogen and oxygen atoms in total. The van der Waals surface area contributed by atoms with Crippen LogP contribution >= 0.6 is 23.1 Å². The highest BCUT2D eigenvalue weighted by Gasteiger charge is 2.18. The molecule has 2 aromatic carbocycles. The lowest BCUT2D eigenvalue weighted by molar-refractivity contribution is 0.602. The number of benzene rings is 2. The molecule has 2 heterocycles. The van der Waals surface area contributed by atoms with Crippen molar-refractivity contribution in [3.63, 3.8) is 0 Å². The molecule has 0 bridgehead atoms. The maximum Gasteiger partial charge on any atom is 0.210 e. The monoisotopic (exact) mass is 351 g/mol. The minimum atomic E-state index is 0.905. The Morgan fingerprint density at radius 3 is 2.50 bits per heavy atom. The molecular weight excluding hydrogens is 334 g/mol. The van der Waals surface area contributed by atoms with Crippen molar-refractivity contribution in [3.8, 4) is 10.4 Å². The number of thiophene rings is 1. The van der Waals surface area contributed by atoms with Gasteiger partial charge in [-0.3, -0.25) is 0 Å². The Kier molecular flexibility index (Phi) is 4.08. The standard InChI is InChI=1S/C20H17NOS2/c1-21(2)20-19(24-15-7-4-3-5-8-15)16-13-14(10-11-17(16)22-20)18-9-6-12-23-18/h3-13H,1-2H3. The number of hydrogen-bond acceptors (Lipinski definition) is 4. The topological polar surface area (TPSA) is 16.4 Å². The van der Waals surface area contributed by atoms with Crippen LogP contribution in [0.5, 0.6) is 0 Å². The van der Waals surface area contributed by atoms with Crippen molar-refractivity contribution in [2.45, 2.75) is 9.79 Å². The van der Waals surface area contributed by atoms with Crippen LogP contribution < -0.4 is 4.90 Å². The van der Waals surface area contributed by atoms with Crippen molar-refractivity contribution < 1.29 is 4.42 Å². The summed E-state index contributed by atoms with van der Waals surface area (Å²) in [4.78, 5) is 5.69. The van der Waals surface area contributed by atoms with Crippen molar-refractivity contribution >= 4 is 40.0 Å². The van der Waals surface area contributed by atoms with E-state index in [4.69, 9.17) is 4.42 Å². The molecule has 0 atom stereocenters. The molecule has 0 amide bonds. The fraction of sp³-hybridized carbons (Fsp3) is 0.100. The molecule has 0 saturated heterocycles. The first-order valence-electron chi connectivity index (χ1n) is 7.73. The molecular formula is C20H17NOS2. The van der Waals surface area contributed by atoms with Gasteiger partial charge in [0.1, 0.15) is 5.58 Å². The van der Waals surface area contributed by atoms with Gasteiger partial charge in [-0.25, -0.2) is 0 Å². The van der Waals surface area contributed by atoms with Crippen LogP contribution in [0.15, 0.2) is 80.3 Å². The Hall–Kier alpha value is -2.17. The summed E-state index contributed by atoms with van der Waals surface area (Å²) in [6.45, 7) is 0. The molecule has 0 aliphatic carbocycles. The molecule has 0 radical (unpaired) electrons. The highest BCUT2D eigenvalue weighted by Crippen LogP contribution is 2.44. The molecule has 0 fully saturated rings. The van der Waals surface area contributed by atoms with Gasteiger partial charge in [0.25, 0.3) is 0 Å². The van der Waals surface area contributed by atoms with E-state index in [-0.39, 0.29) is 0 Å². The van der Waals surface area contributed by atoms with E-state index in [2.05, 4.69) is 60.0 Å². The van der Waals surface area contributed by atoms with Gasteiger partial charge in [-0.1, -0.05) is 36.0 Å². The highest BCUT2D eigenvalue weighted by molar-refractivity contribution is 7.99. The van der Waals surface area contributed by atoms with Gasteiger partial charge < -0.3 is 9.32 Å². The van der Waals surface area contributed by atoms with Gasteiger partial charge in [-0.2, -0.15) is 0 Å². The van der Waals surface area contributed by atoms with E-state index < -0.39 is 0 Å². The van der Waals surface area contributed by atoms with Crippen LogP contribution in [-0.4, -0.2) is 14.1 Å². The molecule has 2 aromatic heterocycles. The zero-order chi connectivity index (χ0) is 16.5. The number of nitrogens with zero attached hydrogens (tertiary/aromatic N) is 1. The molecule has 4 aromatic rings. The van der Waals surface area contributed by atoms with Crippen molar-refractivity contribution in [3.05, 3.63) is 66.0 Å². The minimum absolute atomic E-state index is 0.905. The van der Waals surface area contributed by atoms with Gasteiger partial charge in [0.15, 0.2) is 0 Å². The lowest BCUT2D eigenvalue weighted by atomic mass is 10.1. The summed E-state index contributed by atoms with van der Waals surface area (Å²) in [5.74, 6) is 0.905. The van der Waals surface area contributed by atoms with Gasteiger partial charge in [0.05, 0.1) is 4.90 Å². The fourth-order valence-corrected chi connectivity index (χ4v) is 4.49. The Bertz CT molecular complexity index is 956. The molecule has 24 heavy (non-hydrogen) atoms. The van der Waals surface area contributed by atoms with E-state index >= 15 is 0 Å². The number of anilines is 1. The Morgan fingerprint density at radius 1 is 0.958 bits per heavy atom. The second-order valence-electron chi connectivity index (χ2n) is 5.73. The van der Waals surface area contributed by atoms with E-state index in [9.17, 15) is 0 Å². The van der Waals surface area contributed by atoms with Gasteiger partial charge in [-0.05, 0) is 47.3 Å². The Labute approximate surface area is 149 Å². The quantitative estimate of drug-likeness (QED) is 0.424. The third kappa shape index (κ3) is 2.83. The SMILES string of the molecule is CN(C)c1oc2ccc(-c3cccs3)cc2c1Sc1ccccc1. The summed E-state index contributed by atoms with van der Waals surface area (Å²) in [7, 11) is 4.04. The molecule has 0 N–H and O–H groups in total. The number of rotatable bonds is 4. The number of fused-ring (bicyclic) bond motifs is 1. The molecule has 0 aliphatic heterocycles.